The third kappa shape index (κ3) is 2.03. The summed E-state index contributed by atoms with van der Waals surface area (Å²) in [5, 5.41) is 3.32. The van der Waals surface area contributed by atoms with E-state index >= 15 is 0 Å². The number of benzene rings is 1. The van der Waals surface area contributed by atoms with Crippen LogP contribution >= 0.6 is 0 Å². The Labute approximate surface area is 88.6 Å². The molecule has 4 nitrogen and oxygen atoms in total. The van der Waals surface area contributed by atoms with Gasteiger partial charge in [-0.25, -0.2) is 0 Å². The van der Waals surface area contributed by atoms with Crippen molar-refractivity contribution in [3.05, 3.63) is 23.8 Å². The Balaban J connectivity index is 2.18. The summed E-state index contributed by atoms with van der Waals surface area (Å²) < 4.78 is 0. The number of hydrogen-bond acceptors (Lipinski definition) is 3. The average Bonchev–Trinajstić information content (AvgIpc) is 2.85. The fourth-order valence-electron chi connectivity index (χ4n) is 1.60. The van der Waals surface area contributed by atoms with Crippen molar-refractivity contribution < 1.29 is 4.79 Å². The van der Waals surface area contributed by atoms with E-state index in [2.05, 4.69) is 12.2 Å². The first kappa shape index (κ1) is 9.83. The van der Waals surface area contributed by atoms with Crippen LogP contribution in [0.15, 0.2) is 18.2 Å². The molecular formula is C11H15N3O. The van der Waals surface area contributed by atoms with Crippen molar-refractivity contribution in [2.45, 2.75) is 19.4 Å². The number of carbonyl (C=O) groups is 1. The standard InChI is InChI=1S/C11H15N3O/c1-6-4-10(6)14-7-2-3-9(12)8(5-7)11(13)15/h2-3,5-6,10,14H,4,12H2,1H3,(H2,13,15). The van der Waals surface area contributed by atoms with Gasteiger partial charge >= 0.3 is 0 Å². The lowest BCUT2D eigenvalue weighted by molar-refractivity contribution is 0.100. The molecule has 0 bridgehead atoms. The molecule has 0 radical (unpaired) electrons. The maximum atomic E-state index is 11.1. The lowest BCUT2D eigenvalue weighted by Crippen LogP contribution is -2.14. The molecule has 1 aliphatic rings. The summed E-state index contributed by atoms with van der Waals surface area (Å²) in [5.41, 5.74) is 12.6. The zero-order valence-corrected chi connectivity index (χ0v) is 8.66. The van der Waals surface area contributed by atoms with Gasteiger partial charge in [0.15, 0.2) is 0 Å². The molecule has 15 heavy (non-hydrogen) atoms. The van der Waals surface area contributed by atoms with Gasteiger partial charge in [-0.05, 0) is 30.5 Å². The third-order valence-electron chi connectivity index (χ3n) is 2.78. The molecule has 0 saturated heterocycles. The molecule has 1 saturated carbocycles. The topological polar surface area (TPSA) is 81.1 Å². The smallest absolute Gasteiger partial charge is 0.250 e. The second kappa shape index (κ2) is 3.46. The van der Waals surface area contributed by atoms with Gasteiger partial charge in [0, 0.05) is 17.4 Å². The molecular weight excluding hydrogens is 190 g/mol. The second-order valence-corrected chi connectivity index (χ2v) is 4.13. The van der Waals surface area contributed by atoms with Crippen molar-refractivity contribution in [2.24, 2.45) is 11.7 Å². The van der Waals surface area contributed by atoms with Crippen molar-refractivity contribution in [3.63, 3.8) is 0 Å². The van der Waals surface area contributed by atoms with E-state index in [4.69, 9.17) is 11.5 Å². The Kier molecular flexibility index (Phi) is 2.26. The normalized spacial score (nSPS) is 23.5. The zero-order valence-electron chi connectivity index (χ0n) is 8.66. The summed E-state index contributed by atoms with van der Waals surface area (Å²) in [6, 6.07) is 5.81. The average molecular weight is 205 g/mol. The second-order valence-electron chi connectivity index (χ2n) is 4.13. The number of carbonyl (C=O) groups excluding carboxylic acids is 1. The monoisotopic (exact) mass is 205 g/mol. The van der Waals surface area contributed by atoms with E-state index in [0.717, 1.165) is 5.69 Å². The minimum atomic E-state index is -0.486. The number of amides is 1. The highest BCUT2D eigenvalue weighted by atomic mass is 16.1. The van der Waals surface area contributed by atoms with Gasteiger partial charge in [0.25, 0.3) is 5.91 Å². The first-order valence-electron chi connectivity index (χ1n) is 5.04. The van der Waals surface area contributed by atoms with E-state index in [0.29, 0.717) is 23.2 Å². The molecule has 0 heterocycles. The van der Waals surface area contributed by atoms with Crippen LogP contribution in [0.25, 0.3) is 0 Å². The predicted molar refractivity (Wildman–Crippen MR) is 60.6 cm³/mol. The number of rotatable bonds is 3. The van der Waals surface area contributed by atoms with Gasteiger partial charge in [0.05, 0.1) is 5.56 Å². The summed E-state index contributed by atoms with van der Waals surface area (Å²) in [6.45, 7) is 2.18. The van der Waals surface area contributed by atoms with E-state index in [1.807, 2.05) is 6.07 Å². The van der Waals surface area contributed by atoms with Crippen molar-refractivity contribution in [1.82, 2.24) is 0 Å². The van der Waals surface area contributed by atoms with Crippen molar-refractivity contribution in [3.8, 4) is 0 Å². The molecule has 1 aliphatic carbocycles. The molecule has 5 N–H and O–H groups in total. The summed E-state index contributed by atoms with van der Waals surface area (Å²) >= 11 is 0. The summed E-state index contributed by atoms with van der Waals surface area (Å²) in [5.74, 6) is 0.222. The third-order valence-corrected chi connectivity index (χ3v) is 2.78. The molecule has 80 valence electrons. The van der Waals surface area contributed by atoms with Gasteiger partial charge < -0.3 is 16.8 Å². The van der Waals surface area contributed by atoms with Crippen LogP contribution in [0.4, 0.5) is 11.4 Å². The van der Waals surface area contributed by atoms with Gasteiger partial charge in [-0.15, -0.1) is 0 Å². The van der Waals surface area contributed by atoms with Gasteiger partial charge in [-0.3, -0.25) is 4.79 Å². The van der Waals surface area contributed by atoms with E-state index in [1.165, 1.54) is 6.42 Å². The minimum absolute atomic E-state index is 0.383. The van der Waals surface area contributed by atoms with Gasteiger partial charge in [-0.2, -0.15) is 0 Å². The maximum absolute atomic E-state index is 11.1. The number of hydrogen-bond donors (Lipinski definition) is 3. The van der Waals surface area contributed by atoms with Crippen LogP contribution < -0.4 is 16.8 Å². The lowest BCUT2D eigenvalue weighted by Gasteiger charge is -2.08. The van der Waals surface area contributed by atoms with Gasteiger partial charge in [0.2, 0.25) is 0 Å². The summed E-state index contributed by atoms with van der Waals surface area (Å²) in [7, 11) is 0. The first-order chi connectivity index (χ1) is 7.08. The Morgan fingerprint density at radius 3 is 2.73 bits per heavy atom. The van der Waals surface area contributed by atoms with Crippen molar-refractivity contribution in [1.29, 1.82) is 0 Å². The molecule has 2 unspecified atom stereocenters. The fraction of sp³-hybridized carbons (Fsp3) is 0.364. The highest BCUT2D eigenvalue weighted by molar-refractivity contribution is 5.98. The van der Waals surface area contributed by atoms with E-state index in [9.17, 15) is 4.79 Å². The predicted octanol–water partition coefficient (Wildman–Crippen LogP) is 1.19. The quantitative estimate of drug-likeness (QED) is 0.648. The Morgan fingerprint density at radius 2 is 2.20 bits per heavy atom. The fourth-order valence-corrected chi connectivity index (χ4v) is 1.60. The number of primary amides is 1. The van der Waals surface area contributed by atoms with Crippen LogP contribution in [0.1, 0.15) is 23.7 Å². The molecule has 0 aromatic heterocycles. The van der Waals surface area contributed by atoms with Crippen LogP contribution in [-0.2, 0) is 0 Å². The number of anilines is 2. The van der Waals surface area contributed by atoms with Gasteiger partial charge in [-0.1, -0.05) is 6.92 Å². The molecule has 0 aliphatic heterocycles. The molecule has 0 spiro atoms. The van der Waals surface area contributed by atoms with Crippen molar-refractivity contribution in [2.75, 3.05) is 11.1 Å². The molecule has 2 rings (SSSR count). The molecule has 1 amide bonds. The number of nitrogens with two attached hydrogens (primary N) is 2. The van der Waals surface area contributed by atoms with E-state index in [-0.39, 0.29) is 0 Å². The van der Waals surface area contributed by atoms with Crippen LogP contribution in [0.5, 0.6) is 0 Å². The number of nitrogens with one attached hydrogen (secondary N) is 1. The van der Waals surface area contributed by atoms with E-state index in [1.54, 1.807) is 12.1 Å². The molecule has 1 aromatic carbocycles. The largest absolute Gasteiger partial charge is 0.398 e. The lowest BCUT2D eigenvalue weighted by atomic mass is 10.1. The first-order valence-corrected chi connectivity index (χ1v) is 5.04. The molecule has 4 heteroatoms. The highest BCUT2D eigenvalue weighted by Crippen LogP contribution is 2.33. The van der Waals surface area contributed by atoms with Crippen molar-refractivity contribution >= 4 is 17.3 Å². The molecule has 1 fully saturated rings. The Bertz CT molecular complexity index is 403. The maximum Gasteiger partial charge on any atom is 0.250 e. The Hall–Kier alpha value is -1.71. The highest BCUT2D eigenvalue weighted by Gasteiger charge is 2.32. The van der Waals surface area contributed by atoms with Crippen LogP contribution in [0.3, 0.4) is 0 Å². The van der Waals surface area contributed by atoms with E-state index < -0.39 is 5.91 Å². The van der Waals surface area contributed by atoms with Gasteiger partial charge in [0.1, 0.15) is 0 Å². The SMILES string of the molecule is CC1CC1Nc1ccc(N)c(C(N)=O)c1. The minimum Gasteiger partial charge on any atom is -0.398 e. The van der Waals surface area contributed by atoms with Crippen LogP contribution in [0, 0.1) is 5.92 Å². The summed E-state index contributed by atoms with van der Waals surface area (Å²) in [4.78, 5) is 11.1. The van der Waals surface area contributed by atoms with Crippen LogP contribution in [0.2, 0.25) is 0 Å². The molecule has 2 atom stereocenters. The summed E-state index contributed by atoms with van der Waals surface area (Å²) in [6.07, 6.45) is 1.18. The molecule has 1 aromatic rings. The van der Waals surface area contributed by atoms with Crippen LogP contribution in [-0.4, -0.2) is 11.9 Å². The Morgan fingerprint density at radius 1 is 1.53 bits per heavy atom. The zero-order chi connectivity index (χ0) is 11.0. The number of nitrogen functional groups attached to an aromatic ring is 1.